The summed E-state index contributed by atoms with van der Waals surface area (Å²) in [5.74, 6) is -2.10. The molecule has 0 radical (unpaired) electrons. The highest BCUT2D eigenvalue weighted by Gasteiger charge is 2.23. The Morgan fingerprint density at radius 1 is 0.915 bits per heavy atom. The second kappa shape index (κ2) is 16.6. The molecule has 5 rings (SSSR count). The quantitative estimate of drug-likeness (QED) is 0.124. The molecule has 0 aliphatic carbocycles. The Bertz CT molecular complexity index is 1710. The maximum atomic E-state index is 11.7. The lowest BCUT2D eigenvalue weighted by atomic mass is 9.97. The van der Waals surface area contributed by atoms with Crippen LogP contribution in [-0.2, 0) is 36.9 Å². The zero-order valence-electron chi connectivity index (χ0n) is 26.6. The average molecular weight is 663 g/mol. The molecule has 0 saturated carbocycles. The number of fused-ring (bicyclic) bond motifs is 1. The minimum absolute atomic E-state index is 0.117. The van der Waals surface area contributed by atoms with E-state index in [9.17, 15) is 9.59 Å². The Labute approximate surface area is 276 Å². The second-order valence-electron chi connectivity index (χ2n) is 10.9. The number of rotatable bonds is 11. The van der Waals surface area contributed by atoms with Gasteiger partial charge in [0.05, 0.1) is 27.5 Å². The van der Waals surface area contributed by atoms with E-state index in [1.807, 2.05) is 17.0 Å². The molecule has 1 saturated heterocycles. The molecule has 12 heteroatoms. The fourth-order valence-electron chi connectivity index (χ4n) is 5.22. The van der Waals surface area contributed by atoms with Crippen LogP contribution in [-0.4, -0.2) is 84.4 Å². The molecule has 248 valence electrons. The molecular formula is C35H38N2O9S. The zero-order chi connectivity index (χ0) is 33.9. The number of methoxy groups -OCH3 is 2. The summed E-state index contributed by atoms with van der Waals surface area (Å²) in [6.45, 7) is 5.13. The number of carbonyl (C=O) groups is 4. The van der Waals surface area contributed by atoms with Gasteiger partial charge in [0, 0.05) is 48.1 Å². The molecule has 3 aromatic carbocycles. The van der Waals surface area contributed by atoms with Crippen LogP contribution in [0.4, 0.5) is 0 Å². The number of nitrogens with zero attached hydrogens (tertiary/aromatic N) is 2. The minimum atomic E-state index is -1.82. The van der Waals surface area contributed by atoms with Crippen molar-refractivity contribution in [2.45, 2.75) is 32.7 Å². The van der Waals surface area contributed by atoms with Gasteiger partial charge in [-0.1, -0.05) is 30.3 Å². The highest BCUT2D eigenvalue weighted by Crippen LogP contribution is 2.40. The van der Waals surface area contributed by atoms with Crippen LogP contribution in [0.3, 0.4) is 0 Å². The fourth-order valence-corrected chi connectivity index (χ4v) is 6.45. The van der Waals surface area contributed by atoms with Crippen molar-refractivity contribution in [2.75, 3.05) is 40.6 Å². The molecule has 1 amide bonds. The van der Waals surface area contributed by atoms with E-state index in [-0.39, 0.29) is 11.9 Å². The van der Waals surface area contributed by atoms with Crippen molar-refractivity contribution in [1.29, 1.82) is 0 Å². The first-order valence-electron chi connectivity index (χ1n) is 15.0. The lowest BCUT2D eigenvalue weighted by Crippen LogP contribution is -2.28. The SMILES string of the molecule is COC(=O)CCCOc1ccc(-c2sc3ccccc3c2Cc2ccc(CN3CCN(C(C)=O)C3)c(OC)c2)cc1.O=C(O)C(=O)O. The number of carboxylic acid groups (broad SMARTS) is 2. The Kier molecular flexibility index (Phi) is 12.3. The first kappa shape index (κ1) is 34.9. The highest BCUT2D eigenvalue weighted by molar-refractivity contribution is 7.22. The predicted octanol–water partition coefficient (Wildman–Crippen LogP) is 5.28. The molecule has 0 spiro atoms. The lowest BCUT2D eigenvalue weighted by Gasteiger charge is -2.19. The smallest absolute Gasteiger partial charge is 0.414 e. The monoisotopic (exact) mass is 662 g/mol. The summed E-state index contributed by atoms with van der Waals surface area (Å²) >= 11 is 1.80. The van der Waals surface area contributed by atoms with Crippen LogP contribution in [0.15, 0.2) is 66.7 Å². The second-order valence-corrected chi connectivity index (χ2v) is 11.9. The molecule has 1 fully saturated rings. The lowest BCUT2D eigenvalue weighted by molar-refractivity contribution is -0.159. The van der Waals surface area contributed by atoms with E-state index in [0.717, 1.165) is 48.7 Å². The molecule has 47 heavy (non-hydrogen) atoms. The maximum Gasteiger partial charge on any atom is 0.414 e. The van der Waals surface area contributed by atoms with E-state index >= 15 is 0 Å². The third-order valence-corrected chi connectivity index (χ3v) is 8.91. The summed E-state index contributed by atoms with van der Waals surface area (Å²) in [6.07, 6.45) is 1.75. The van der Waals surface area contributed by atoms with Gasteiger partial charge in [-0.2, -0.15) is 0 Å². The van der Waals surface area contributed by atoms with E-state index in [4.69, 9.17) is 29.3 Å². The van der Waals surface area contributed by atoms with E-state index in [1.54, 1.807) is 25.4 Å². The van der Waals surface area contributed by atoms with Gasteiger partial charge >= 0.3 is 17.9 Å². The van der Waals surface area contributed by atoms with Crippen molar-refractivity contribution in [3.8, 4) is 21.9 Å². The van der Waals surface area contributed by atoms with Crippen LogP contribution in [0.2, 0.25) is 0 Å². The fraction of sp³-hybridized carbons (Fsp3) is 0.314. The molecule has 0 atom stereocenters. The van der Waals surface area contributed by atoms with Crippen LogP contribution < -0.4 is 9.47 Å². The van der Waals surface area contributed by atoms with Crippen molar-refractivity contribution in [3.63, 3.8) is 0 Å². The molecule has 0 bridgehead atoms. The van der Waals surface area contributed by atoms with Gasteiger partial charge in [0.25, 0.3) is 0 Å². The molecule has 1 aromatic heterocycles. The molecule has 2 heterocycles. The Balaban J connectivity index is 0.000000762. The molecule has 1 aliphatic rings. The summed E-state index contributed by atoms with van der Waals surface area (Å²) < 4.78 is 17.6. The highest BCUT2D eigenvalue weighted by atomic mass is 32.1. The van der Waals surface area contributed by atoms with Crippen LogP contribution in [0.5, 0.6) is 11.5 Å². The van der Waals surface area contributed by atoms with Crippen LogP contribution in [0.1, 0.15) is 36.5 Å². The van der Waals surface area contributed by atoms with Gasteiger partial charge in [0.1, 0.15) is 11.5 Å². The molecule has 0 unspecified atom stereocenters. The van der Waals surface area contributed by atoms with E-state index in [0.29, 0.717) is 26.1 Å². The van der Waals surface area contributed by atoms with E-state index in [1.165, 1.54) is 33.2 Å². The molecule has 1 aliphatic heterocycles. The van der Waals surface area contributed by atoms with Gasteiger partial charge in [0.2, 0.25) is 5.91 Å². The van der Waals surface area contributed by atoms with Crippen molar-refractivity contribution in [2.24, 2.45) is 0 Å². The number of ether oxygens (including phenoxy) is 3. The standard InChI is InChI=1S/C33H36N2O5S.C2H2O4/c1-23(36)35-17-16-34(22-35)21-26-11-10-24(20-30(26)38-2)19-29-28-7-4-5-8-31(28)41-33(29)25-12-14-27(15-13-25)40-18-6-9-32(37)39-3;3-1(4)2(5)6/h4-5,7-8,10-15,20H,6,9,16-19,21-22H2,1-3H3;(H,3,4)(H,5,6). The van der Waals surface area contributed by atoms with Crippen molar-refractivity contribution in [3.05, 3.63) is 83.4 Å². The van der Waals surface area contributed by atoms with Crippen LogP contribution in [0.25, 0.3) is 20.5 Å². The third-order valence-electron chi connectivity index (χ3n) is 7.65. The van der Waals surface area contributed by atoms with Crippen LogP contribution in [0, 0.1) is 0 Å². The number of carbonyl (C=O) groups excluding carboxylic acids is 2. The first-order valence-corrected chi connectivity index (χ1v) is 15.8. The number of carboxylic acids is 2. The Morgan fingerprint density at radius 3 is 2.28 bits per heavy atom. The molecule has 2 N–H and O–H groups in total. The zero-order valence-corrected chi connectivity index (χ0v) is 27.4. The first-order chi connectivity index (χ1) is 22.6. The van der Waals surface area contributed by atoms with Crippen LogP contribution >= 0.6 is 11.3 Å². The normalized spacial score (nSPS) is 12.7. The summed E-state index contributed by atoms with van der Waals surface area (Å²) in [5, 5.41) is 16.0. The number of thiophene rings is 1. The number of hydrogen-bond acceptors (Lipinski definition) is 9. The van der Waals surface area contributed by atoms with Gasteiger partial charge in [-0.05, 0) is 71.3 Å². The molecular weight excluding hydrogens is 624 g/mol. The van der Waals surface area contributed by atoms with Gasteiger partial charge < -0.3 is 29.3 Å². The van der Waals surface area contributed by atoms with Gasteiger partial charge in [-0.15, -0.1) is 11.3 Å². The topological polar surface area (TPSA) is 143 Å². The third kappa shape index (κ3) is 9.53. The Morgan fingerprint density at radius 2 is 1.64 bits per heavy atom. The largest absolute Gasteiger partial charge is 0.496 e. The number of hydrogen-bond donors (Lipinski definition) is 2. The van der Waals surface area contributed by atoms with Gasteiger partial charge in [-0.3, -0.25) is 14.5 Å². The summed E-state index contributed by atoms with van der Waals surface area (Å²) in [7, 11) is 3.12. The van der Waals surface area contributed by atoms with Gasteiger partial charge in [-0.25, -0.2) is 9.59 Å². The van der Waals surface area contributed by atoms with Crippen molar-refractivity contribution >= 4 is 45.2 Å². The number of amides is 1. The van der Waals surface area contributed by atoms with E-state index in [2.05, 4.69) is 64.2 Å². The van der Waals surface area contributed by atoms with Crippen molar-refractivity contribution < 1.29 is 43.6 Å². The average Bonchev–Trinajstić information content (AvgIpc) is 3.69. The summed E-state index contributed by atoms with van der Waals surface area (Å²) in [5.41, 5.74) is 4.76. The predicted molar refractivity (Wildman–Crippen MR) is 178 cm³/mol. The molecule has 4 aromatic rings. The maximum absolute atomic E-state index is 11.7. The summed E-state index contributed by atoms with van der Waals surface area (Å²) in [6, 6.07) is 23.2. The number of esters is 1. The number of benzene rings is 3. The van der Waals surface area contributed by atoms with Gasteiger partial charge in [0.15, 0.2) is 0 Å². The van der Waals surface area contributed by atoms with Crippen molar-refractivity contribution in [1.82, 2.24) is 9.80 Å². The number of aliphatic carboxylic acids is 2. The van der Waals surface area contributed by atoms with E-state index < -0.39 is 11.9 Å². The Hall–Kier alpha value is -4.94. The summed E-state index contributed by atoms with van der Waals surface area (Å²) in [4.78, 5) is 46.6. The molecule has 11 nitrogen and oxygen atoms in total. The minimum Gasteiger partial charge on any atom is -0.496 e.